The highest BCUT2D eigenvalue weighted by atomic mass is 16.5. The first-order valence-electron chi connectivity index (χ1n) is 36.9. The number of hydrogen-bond donors (Lipinski definition) is 5. The normalized spacial score (nSPS) is 12.8. The van der Waals surface area contributed by atoms with Crippen LogP contribution in [0, 0.1) is 41.5 Å². The van der Waals surface area contributed by atoms with Gasteiger partial charge in [0.25, 0.3) is 0 Å². The lowest BCUT2D eigenvalue weighted by atomic mass is 9.75. The zero-order valence-electron chi connectivity index (χ0n) is 70.5. The number of hydrogen-bond acceptors (Lipinski definition) is 7. The number of ether oxygens (including phenoxy) is 1. The van der Waals surface area contributed by atoms with E-state index in [2.05, 4.69) is 304 Å². The van der Waals surface area contributed by atoms with E-state index in [0.717, 1.165) is 80.5 Å². The molecular weight excluding hydrogens is 1240 g/mol. The first-order valence-corrected chi connectivity index (χ1v) is 36.9. The fourth-order valence-electron chi connectivity index (χ4n) is 13.7. The number of aryl methyl sites for hydroxylation is 3. The lowest BCUT2D eigenvalue weighted by Gasteiger charge is -2.30. The summed E-state index contributed by atoms with van der Waals surface area (Å²) in [5.41, 5.74) is 24.5. The molecule has 0 heterocycles. The van der Waals surface area contributed by atoms with Crippen molar-refractivity contribution in [1.82, 2.24) is 0 Å². The van der Waals surface area contributed by atoms with Crippen LogP contribution in [0.5, 0.6) is 28.7 Å². The largest absolute Gasteiger partial charge is 0.507 e. The van der Waals surface area contributed by atoms with E-state index in [1.807, 2.05) is 30.3 Å². The van der Waals surface area contributed by atoms with Crippen molar-refractivity contribution in [1.29, 1.82) is 0 Å². The average molecular weight is 1380 g/mol. The molecule has 0 aromatic heterocycles. The van der Waals surface area contributed by atoms with Crippen LogP contribution in [0.25, 0.3) is 0 Å². The Balaban J connectivity index is 0.000000392. The van der Waals surface area contributed by atoms with Crippen LogP contribution in [0.3, 0.4) is 0 Å². The van der Waals surface area contributed by atoms with Crippen molar-refractivity contribution in [3.05, 3.63) is 213 Å². The highest BCUT2D eigenvalue weighted by Gasteiger charge is 2.33. The number of carbonyl (C=O) groups excluding carboxylic acids is 1. The summed E-state index contributed by atoms with van der Waals surface area (Å²) >= 11 is 0. The molecule has 7 aromatic carbocycles. The van der Waals surface area contributed by atoms with Crippen LogP contribution in [0.4, 0.5) is 0 Å². The molecule has 0 atom stereocenters. The summed E-state index contributed by atoms with van der Waals surface area (Å²) in [7, 11) is 0. The molecule has 7 heteroatoms. The number of phenols is 5. The van der Waals surface area contributed by atoms with E-state index in [4.69, 9.17) is 4.74 Å². The molecule has 0 radical (unpaired) electrons. The topological polar surface area (TPSA) is 127 Å². The molecule has 7 nitrogen and oxygen atoms in total. The number of esters is 1. The zero-order chi connectivity index (χ0) is 78.2. The third-order valence-electron chi connectivity index (χ3n) is 19.5. The molecule has 556 valence electrons. The monoisotopic (exact) mass is 1380 g/mol. The smallest absolute Gasteiger partial charge is 0.302 e. The van der Waals surface area contributed by atoms with Gasteiger partial charge in [0.2, 0.25) is 0 Å². The standard InChI is InChI=1S/C54H78O3.C17H26O3.C14H22O.C9H12/c1-31-37(22-34-25-40(49(4,5)6)46(55)41(26-34)50(7,8)9)32(2)39(24-36-29-44(53(16,17)18)48(57)45(30-36)54(19,20)21)33(3)38(31)23-35-27-42(51(10,11)12)47(56)43(28-35)52(13,14)15;1-11(18)20-10-12-8-13(16(2,3)4)15(19)14(9-12)17(5,6)7;1-13(2,3)10-8-7-9-11(12(10)15)14(4,5)6;1-7-4-8(2)6-9(3)5-7/h25-30,55-57H,22-24H2,1-21H3;8-9,19H,10H2,1-7H3;7-9,15H,1-6H3;4-6H,1-3H3. The maximum atomic E-state index is 11.6. The third kappa shape index (κ3) is 22.8. The summed E-state index contributed by atoms with van der Waals surface area (Å²) in [5, 5.41) is 55.7. The third-order valence-corrected chi connectivity index (χ3v) is 19.5. The van der Waals surface area contributed by atoms with E-state index in [1.54, 1.807) is 0 Å². The first kappa shape index (κ1) is 86.4. The Bertz CT molecular complexity index is 3580. The van der Waals surface area contributed by atoms with Crippen LogP contribution >= 0.6 is 0 Å². The van der Waals surface area contributed by atoms with Gasteiger partial charge >= 0.3 is 5.97 Å². The first-order chi connectivity index (χ1) is 45.3. The van der Waals surface area contributed by atoms with Gasteiger partial charge in [0, 0.05) is 6.92 Å². The molecule has 101 heavy (non-hydrogen) atoms. The molecule has 0 unspecified atom stereocenters. The molecule has 0 saturated carbocycles. The van der Waals surface area contributed by atoms with Crippen molar-refractivity contribution in [2.24, 2.45) is 0 Å². The lowest BCUT2D eigenvalue weighted by Crippen LogP contribution is -2.19. The molecule has 0 fully saturated rings. The second-order valence-corrected chi connectivity index (χ2v) is 39.6. The molecule has 0 saturated heterocycles. The lowest BCUT2D eigenvalue weighted by molar-refractivity contribution is -0.142. The van der Waals surface area contributed by atoms with Crippen molar-refractivity contribution in [3.8, 4) is 28.7 Å². The number of rotatable bonds is 8. The molecule has 7 rings (SSSR count). The van der Waals surface area contributed by atoms with E-state index in [0.29, 0.717) is 28.7 Å². The summed E-state index contributed by atoms with van der Waals surface area (Å²) in [6, 6.07) is 29.9. The number of aromatic hydroxyl groups is 5. The quantitative estimate of drug-likeness (QED) is 0.0959. The van der Waals surface area contributed by atoms with Crippen molar-refractivity contribution < 1.29 is 35.1 Å². The van der Waals surface area contributed by atoms with E-state index < -0.39 is 0 Å². The highest BCUT2D eigenvalue weighted by Crippen LogP contribution is 2.47. The Hall–Kier alpha value is -6.99. The minimum Gasteiger partial charge on any atom is -0.507 e. The Morgan fingerprint density at radius 2 is 0.446 bits per heavy atom. The molecule has 0 aliphatic heterocycles. The summed E-state index contributed by atoms with van der Waals surface area (Å²) < 4.78 is 5.08. The summed E-state index contributed by atoms with van der Waals surface area (Å²) in [4.78, 5) is 11.0. The van der Waals surface area contributed by atoms with Gasteiger partial charge in [0.15, 0.2) is 0 Å². The zero-order valence-corrected chi connectivity index (χ0v) is 70.5. The second-order valence-electron chi connectivity index (χ2n) is 39.6. The van der Waals surface area contributed by atoms with Crippen molar-refractivity contribution in [2.45, 2.75) is 336 Å². The maximum Gasteiger partial charge on any atom is 0.302 e. The van der Waals surface area contributed by atoms with Gasteiger partial charge in [-0.3, -0.25) is 4.79 Å². The van der Waals surface area contributed by atoms with Crippen LogP contribution in [-0.4, -0.2) is 31.5 Å². The van der Waals surface area contributed by atoms with E-state index in [1.165, 1.54) is 73.7 Å². The van der Waals surface area contributed by atoms with Crippen molar-refractivity contribution >= 4 is 5.97 Å². The molecule has 0 amide bonds. The highest BCUT2D eigenvalue weighted by molar-refractivity contribution is 5.66. The minimum absolute atomic E-state index is 0.00859. The predicted octanol–water partition coefficient (Wildman–Crippen LogP) is 24.9. The van der Waals surface area contributed by atoms with Crippen LogP contribution < -0.4 is 0 Å². The van der Waals surface area contributed by atoms with Gasteiger partial charge in [-0.2, -0.15) is 0 Å². The SMILES string of the molecule is CC(=O)OCc1cc(C(C)(C)C)c(O)c(C(C)(C)C)c1.CC(C)(C)c1cccc(C(C)(C)C)c1O.Cc1c(Cc2cc(C(C)(C)C)c(O)c(C(C)(C)C)c2)c(C)c(Cc2cc(C(C)(C)C)c(O)c(C(C)(C)C)c2)c(C)c1Cc1cc(C(C)(C)C)c(O)c(C(C)(C)C)c1.Cc1cc(C)cc(C)c1. The minimum atomic E-state index is -0.298. The maximum absolute atomic E-state index is 11.6. The van der Waals surface area contributed by atoms with Gasteiger partial charge in [0.1, 0.15) is 35.4 Å². The molecule has 0 aliphatic rings. The van der Waals surface area contributed by atoms with E-state index >= 15 is 0 Å². The summed E-state index contributed by atoms with van der Waals surface area (Å²) in [6.45, 7) is 79.3. The fraction of sp³-hybridized carbons (Fsp3) is 0.543. The average Bonchev–Trinajstić information content (AvgIpc) is 1.64. The Labute approximate surface area is 615 Å². The molecule has 7 aromatic rings. The Kier molecular flexibility index (Phi) is 26.6. The predicted molar refractivity (Wildman–Crippen MR) is 433 cm³/mol. The van der Waals surface area contributed by atoms with Crippen molar-refractivity contribution in [2.75, 3.05) is 0 Å². The number of phenolic OH excluding ortho intramolecular Hbond substituents is 5. The van der Waals surface area contributed by atoms with Crippen LogP contribution in [-0.2, 0) is 89.6 Å². The van der Waals surface area contributed by atoms with Gasteiger partial charge < -0.3 is 30.3 Å². The van der Waals surface area contributed by atoms with Crippen LogP contribution in [0.2, 0.25) is 0 Å². The van der Waals surface area contributed by atoms with Gasteiger partial charge in [-0.1, -0.05) is 297 Å². The van der Waals surface area contributed by atoms with Gasteiger partial charge in [0.05, 0.1) is 0 Å². The number of para-hydroxylation sites is 1. The number of carbonyl (C=O) groups is 1. The second kappa shape index (κ2) is 31.1. The van der Waals surface area contributed by atoms with Crippen LogP contribution in [0.15, 0.2) is 84.9 Å². The van der Waals surface area contributed by atoms with Gasteiger partial charge in [-0.05, 0) is 238 Å². The Morgan fingerprint density at radius 1 is 0.277 bits per heavy atom. The van der Waals surface area contributed by atoms with Gasteiger partial charge in [-0.15, -0.1) is 0 Å². The van der Waals surface area contributed by atoms with Crippen LogP contribution in [0.1, 0.15) is 343 Å². The Morgan fingerprint density at radius 3 is 0.614 bits per heavy atom. The summed E-state index contributed by atoms with van der Waals surface area (Å²) in [6.07, 6.45) is 2.24. The number of benzene rings is 7. The molecular formula is C94H138O7. The van der Waals surface area contributed by atoms with E-state index in [9.17, 15) is 30.3 Å². The van der Waals surface area contributed by atoms with Crippen molar-refractivity contribution in [3.63, 3.8) is 0 Å². The molecule has 5 N–H and O–H groups in total. The van der Waals surface area contributed by atoms with Gasteiger partial charge in [-0.25, -0.2) is 0 Å². The molecule has 0 aliphatic carbocycles. The molecule has 0 bridgehead atoms. The molecule has 0 spiro atoms. The fourth-order valence-corrected chi connectivity index (χ4v) is 13.7. The summed E-state index contributed by atoms with van der Waals surface area (Å²) in [5.74, 6) is 1.73. The van der Waals surface area contributed by atoms with E-state index in [-0.39, 0.29) is 66.7 Å².